The van der Waals surface area contributed by atoms with Crippen LogP contribution in [0.25, 0.3) is 0 Å². The minimum Gasteiger partial charge on any atom is -0.507 e. The molecule has 0 spiro atoms. The molecular weight excluding hydrogens is 428 g/mol. The molecule has 34 heavy (non-hydrogen) atoms. The first-order chi connectivity index (χ1) is 16.1. The highest BCUT2D eigenvalue weighted by atomic mass is 16.5. The van der Waals surface area contributed by atoms with Crippen LogP contribution in [0.5, 0.6) is 11.5 Å². The fraction of sp³-hybridized carbons (Fsp3) is 0.643. The van der Waals surface area contributed by atoms with Gasteiger partial charge in [-0.25, -0.2) is 0 Å². The van der Waals surface area contributed by atoms with Crippen molar-refractivity contribution in [1.82, 2.24) is 9.80 Å². The Bertz CT molecular complexity index is 989. The van der Waals surface area contributed by atoms with Gasteiger partial charge in [-0.2, -0.15) is 0 Å². The zero-order chi connectivity index (χ0) is 24.6. The number of phenols is 1. The Labute approximate surface area is 204 Å². The highest BCUT2D eigenvalue weighted by Crippen LogP contribution is 2.54. The molecule has 0 aromatic heterocycles. The summed E-state index contributed by atoms with van der Waals surface area (Å²) in [7, 11) is 0. The second-order valence-corrected chi connectivity index (χ2v) is 10.8. The molecule has 1 saturated heterocycles. The third-order valence-corrected chi connectivity index (χ3v) is 8.01. The Kier molecular flexibility index (Phi) is 6.97. The summed E-state index contributed by atoms with van der Waals surface area (Å²) >= 11 is 0. The smallest absolute Gasteiger partial charge is 0.258 e. The van der Waals surface area contributed by atoms with Crippen molar-refractivity contribution >= 4 is 11.8 Å². The van der Waals surface area contributed by atoms with Gasteiger partial charge in [0, 0.05) is 50.5 Å². The van der Waals surface area contributed by atoms with E-state index in [4.69, 9.17) is 4.74 Å². The summed E-state index contributed by atoms with van der Waals surface area (Å²) in [6.07, 6.45) is 8.16. The van der Waals surface area contributed by atoms with Crippen LogP contribution in [-0.4, -0.2) is 58.5 Å². The quantitative estimate of drug-likeness (QED) is 0.485. The number of fused-ring (bicyclic) bond motifs is 3. The van der Waals surface area contributed by atoms with Gasteiger partial charge in [0.1, 0.15) is 17.1 Å². The molecule has 2 heterocycles. The molecule has 0 saturated carbocycles. The standard InChI is InChI=1S/C28H40N2O4/c1-6-7-8-9-20-17-23-25(21-16-18(2)10-11-22(21)28(4,5)34-23)26(32)24(20)27(33)30-14-12-29(13-15-30)19(3)31/h16-17,21-22,32H,6-15H2,1-5H3. The van der Waals surface area contributed by atoms with Crippen LogP contribution in [0.1, 0.15) is 94.1 Å². The van der Waals surface area contributed by atoms with Crippen LogP contribution in [-0.2, 0) is 11.2 Å². The van der Waals surface area contributed by atoms with Crippen LogP contribution in [0.4, 0.5) is 0 Å². The van der Waals surface area contributed by atoms with Crippen molar-refractivity contribution in [3.63, 3.8) is 0 Å². The lowest BCUT2D eigenvalue weighted by Gasteiger charge is -2.47. The third kappa shape index (κ3) is 4.56. The normalized spacial score (nSPS) is 23.5. The number of hydrogen-bond acceptors (Lipinski definition) is 4. The van der Waals surface area contributed by atoms with Gasteiger partial charge in [-0.1, -0.05) is 31.4 Å². The van der Waals surface area contributed by atoms with E-state index in [0.29, 0.717) is 31.7 Å². The van der Waals surface area contributed by atoms with E-state index in [2.05, 4.69) is 33.8 Å². The Morgan fingerprint density at radius 2 is 1.82 bits per heavy atom. The fourth-order valence-electron chi connectivity index (χ4n) is 5.99. The molecule has 1 aliphatic carbocycles. The number of rotatable bonds is 5. The first kappa shape index (κ1) is 24.6. The number of piperazine rings is 1. The number of carbonyl (C=O) groups excluding carboxylic acids is 2. The van der Waals surface area contributed by atoms with Crippen LogP contribution in [0, 0.1) is 5.92 Å². The topological polar surface area (TPSA) is 70.1 Å². The van der Waals surface area contributed by atoms with E-state index < -0.39 is 0 Å². The van der Waals surface area contributed by atoms with Crippen LogP contribution in [0.3, 0.4) is 0 Å². The van der Waals surface area contributed by atoms with Crippen molar-refractivity contribution in [3.05, 3.63) is 34.4 Å². The molecule has 3 aliphatic rings. The molecule has 2 aliphatic heterocycles. The van der Waals surface area contributed by atoms with Crippen LogP contribution in [0.2, 0.25) is 0 Å². The molecule has 0 bridgehead atoms. The number of ether oxygens (including phenoxy) is 1. The first-order valence-electron chi connectivity index (χ1n) is 12.9. The number of aromatic hydroxyl groups is 1. The van der Waals surface area contributed by atoms with E-state index >= 15 is 0 Å². The Morgan fingerprint density at radius 1 is 1.15 bits per heavy atom. The van der Waals surface area contributed by atoms with E-state index in [9.17, 15) is 14.7 Å². The fourth-order valence-corrected chi connectivity index (χ4v) is 5.99. The summed E-state index contributed by atoms with van der Waals surface area (Å²) in [5, 5.41) is 11.7. The second-order valence-electron chi connectivity index (χ2n) is 10.8. The molecule has 1 N–H and O–H groups in total. The van der Waals surface area contributed by atoms with Crippen molar-refractivity contribution in [1.29, 1.82) is 0 Å². The number of phenolic OH excluding ortho intramolecular Hbond substituents is 1. The molecule has 1 aromatic carbocycles. The van der Waals surface area contributed by atoms with Gasteiger partial charge in [-0.05, 0) is 58.1 Å². The van der Waals surface area contributed by atoms with Crippen molar-refractivity contribution < 1.29 is 19.4 Å². The maximum Gasteiger partial charge on any atom is 0.258 e. The Balaban J connectivity index is 1.76. The maximum atomic E-state index is 13.8. The summed E-state index contributed by atoms with van der Waals surface area (Å²) in [6, 6.07) is 2.03. The largest absolute Gasteiger partial charge is 0.507 e. The average Bonchev–Trinajstić information content (AvgIpc) is 2.78. The van der Waals surface area contributed by atoms with Crippen LogP contribution in [0.15, 0.2) is 17.7 Å². The number of nitrogens with zero attached hydrogens (tertiary/aromatic N) is 2. The molecule has 186 valence electrons. The summed E-state index contributed by atoms with van der Waals surface area (Å²) < 4.78 is 6.51. The van der Waals surface area contributed by atoms with E-state index in [0.717, 1.165) is 55.4 Å². The minimum atomic E-state index is -0.337. The number of hydrogen-bond donors (Lipinski definition) is 1. The molecule has 1 fully saturated rings. The first-order valence-corrected chi connectivity index (χ1v) is 12.9. The van der Waals surface area contributed by atoms with Crippen LogP contribution >= 0.6 is 0 Å². The molecule has 2 unspecified atom stereocenters. The number of carbonyl (C=O) groups is 2. The number of unbranched alkanes of at least 4 members (excludes halogenated alkanes) is 2. The van der Waals surface area contributed by atoms with Gasteiger partial charge in [0.05, 0.1) is 5.56 Å². The molecule has 6 nitrogen and oxygen atoms in total. The molecule has 4 rings (SSSR count). The SMILES string of the molecule is CCCCCc1cc2c(c(O)c1C(=O)N1CCN(C(C)=O)CC1)C1C=C(C)CCC1C(C)(C)O2. The number of amides is 2. The Morgan fingerprint density at radius 3 is 2.47 bits per heavy atom. The molecule has 6 heteroatoms. The zero-order valence-corrected chi connectivity index (χ0v) is 21.4. The molecular formula is C28H40N2O4. The monoisotopic (exact) mass is 468 g/mol. The summed E-state index contributed by atoms with van der Waals surface area (Å²) in [6.45, 7) is 12.2. The van der Waals surface area contributed by atoms with Gasteiger partial charge in [0.25, 0.3) is 5.91 Å². The molecule has 2 amide bonds. The summed E-state index contributed by atoms with van der Waals surface area (Å²) in [5.41, 5.74) is 3.06. The van der Waals surface area contributed by atoms with Gasteiger partial charge in [0.15, 0.2) is 0 Å². The van der Waals surface area contributed by atoms with E-state index in [1.54, 1.807) is 16.7 Å². The van der Waals surface area contributed by atoms with Crippen molar-refractivity contribution in [2.75, 3.05) is 26.2 Å². The van der Waals surface area contributed by atoms with E-state index in [-0.39, 0.29) is 35.0 Å². The van der Waals surface area contributed by atoms with E-state index in [1.165, 1.54) is 5.57 Å². The molecule has 0 radical (unpaired) electrons. The lowest BCUT2D eigenvalue weighted by atomic mass is 9.67. The minimum absolute atomic E-state index is 0.0363. The summed E-state index contributed by atoms with van der Waals surface area (Å²) in [5.74, 6) is 1.02. The highest BCUT2D eigenvalue weighted by molar-refractivity contribution is 5.99. The van der Waals surface area contributed by atoms with Gasteiger partial charge in [0.2, 0.25) is 5.91 Å². The van der Waals surface area contributed by atoms with Gasteiger partial charge < -0.3 is 19.6 Å². The predicted octanol–water partition coefficient (Wildman–Crippen LogP) is 5.04. The third-order valence-electron chi connectivity index (χ3n) is 8.01. The highest BCUT2D eigenvalue weighted by Gasteiger charge is 2.46. The maximum absolute atomic E-state index is 13.8. The lowest BCUT2D eigenvalue weighted by molar-refractivity contribution is -0.130. The number of benzene rings is 1. The summed E-state index contributed by atoms with van der Waals surface area (Å²) in [4.78, 5) is 29.1. The van der Waals surface area contributed by atoms with E-state index in [1.807, 2.05) is 6.07 Å². The lowest BCUT2D eigenvalue weighted by Crippen LogP contribution is -2.50. The predicted molar refractivity (Wildman–Crippen MR) is 133 cm³/mol. The number of aryl methyl sites for hydroxylation is 1. The van der Waals surface area contributed by atoms with Crippen molar-refractivity contribution in [2.24, 2.45) is 5.92 Å². The van der Waals surface area contributed by atoms with Gasteiger partial charge >= 0.3 is 0 Å². The van der Waals surface area contributed by atoms with Crippen LogP contribution < -0.4 is 4.74 Å². The van der Waals surface area contributed by atoms with Gasteiger partial charge in [-0.15, -0.1) is 0 Å². The van der Waals surface area contributed by atoms with Crippen molar-refractivity contribution in [3.8, 4) is 11.5 Å². The van der Waals surface area contributed by atoms with Gasteiger partial charge in [-0.3, -0.25) is 9.59 Å². The van der Waals surface area contributed by atoms with Crippen molar-refractivity contribution in [2.45, 2.75) is 84.7 Å². The second kappa shape index (κ2) is 9.63. The Hall–Kier alpha value is -2.50. The zero-order valence-electron chi connectivity index (χ0n) is 21.4. The molecule has 2 atom stereocenters. The average molecular weight is 469 g/mol. The number of allylic oxidation sites excluding steroid dienone is 2. The molecule has 1 aromatic rings.